The van der Waals surface area contributed by atoms with E-state index in [-0.39, 0.29) is 23.7 Å². The molecule has 1 aromatic rings. The standard InChI is InChI=1S/C22H28N4O2S/c1-13-9-16(12-22(4,5)11-13)25-26-21-24-20(28)17(29-21)10-18(27)23-19-14(2)7-6-8-15(19)3/h6-9,17H,10-12H2,1-5H3,(H,23,27)(H,24,26,28)/b25-16+. The Morgan fingerprint density at radius 3 is 2.55 bits per heavy atom. The number of nitrogens with zero attached hydrogens (tertiary/aromatic N) is 2. The largest absolute Gasteiger partial charge is 0.326 e. The van der Waals surface area contributed by atoms with Crippen molar-refractivity contribution in [3.63, 3.8) is 0 Å². The monoisotopic (exact) mass is 412 g/mol. The normalized spacial score (nSPS) is 23.8. The van der Waals surface area contributed by atoms with Crippen LogP contribution in [0.5, 0.6) is 0 Å². The van der Waals surface area contributed by atoms with Crippen LogP contribution in [0.2, 0.25) is 0 Å². The molecule has 1 fully saturated rings. The highest BCUT2D eigenvalue weighted by molar-refractivity contribution is 8.15. The predicted octanol–water partition coefficient (Wildman–Crippen LogP) is 4.34. The van der Waals surface area contributed by atoms with Crippen molar-refractivity contribution in [3.05, 3.63) is 41.0 Å². The maximum absolute atomic E-state index is 12.5. The van der Waals surface area contributed by atoms with E-state index in [4.69, 9.17) is 0 Å². The fourth-order valence-corrected chi connectivity index (χ4v) is 4.74. The van der Waals surface area contributed by atoms with Crippen molar-refractivity contribution in [2.75, 3.05) is 5.32 Å². The van der Waals surface area contributed by atoms with Crippen molar-refractivity contribution in [2.45, 2.75) is 59.1 Å². The third-order valence-corrected chi connectivity index (χ3v) is 6.06. The summed E-state index contributed by atoms with van der Waals surface area (Å²) in [5.74, 6) is -0.392. The molecule has 1 aliphatic heterocycles. The van der Waals surface area contributed by atoms with Crippen LogP contribution in [0, 0.1) is 19.3 Å². The van der Waals surface area contributed by atoms with Gasteiger partial charge in [-0.2, -0.15) is 5.10 Å². The molecule has 3 rings (SSSR count). The summed E-state index contributed by atoms with van der Waals surface area (Å²) in [6.07, 6.45) is 4.05. The van der Waals surface area contributed by atoms with Gasteiger partial charge < -0.3 is 10.6 Å². The first-order valence-electron chi connectivity index (χ1n) is 9.78. The van der Waals surface area contributed by atoms with Crippen molar-refractivity contribution < 1.29 is 9.59 Å². The van der Waals surface area contributed by atoms with Gasteiger partial charge in [-0.25, -0.2) is 0 Å². The van der Waals surface area contributed by atoms with E-state index in [2.05, 4.69) is 47.7 Å². The zero-order valence-corrected chi connectivity index (χ0v) is 18.4. The highest BCUT2D eigenvalue weighted by Gasteiger charge is 2.32. The molecule has 1 aliphatic carbocycles. The minimum atomic E-state index is -0.502. The summed E-state index contributed by atoms with van der Waals surface area (Å²) in [6.45, 7) is 10.4. The molecule has 7 heteroatoms. The van der Waals surface area contributed by atoms with Crippen molar-refractivity contribution in [1.82, 2.24) is 5.32 Å². The molecule has 1 atom stereocenters. The molecule has 2 amide bonds. The number of aryl methyl sites for hydroxylation is 2. The second-order valence-corrected chi connectivity index (χ2v) is 9.81. The SMILES string of the molecule is CC1=C/C(=N\N=C2\NC(=O)C(CC(=O)Nc3c(C)cccc3C)S2)CC(C)(C)C1. The number of carbonyl (C=O) groups excluding carboxylic acids is 2. The quantitative estimate of drug-likeness (QED) is 0.722. The van der Waals surface area contributed by atoms with Gasteiger partial charge in [-0.15, -0.1) is 5.10 Å². The first kappa shape index (κ1) is 21.3. The van der Waals surface area contributed by atoms with Gasteiger partial charge in [0.25, 0.3) is 0 Å². The Labute approximate surface area is 176 Å². The number of benzene rings is 1. The number of hydrogen-bond donors (Lipinski definition) is 2. The zero-order valence-electron chi connectivity index (χ0n) is 17.6. The Kier molecular flexibility index (Phi) is 6.27. The summed E-state index contributed by atoms with van der Waals surface area (Å²) >= 11 is 1.26. The predicted molar refractivity (Wildman–Crippen MR) is 120 cm³/mol. The summed E-state index contributed by atoms with van der Waals surface area (Å²) < 4.78 is 0. The van der Waals surface area contributed by atoms with E-state index in [0.717, 1.165) is 35.4 Å². The number of nitrogens with one attached hydrogen (secondary N) is 2. The first-order chi connectivity index (χ1) is 13.6. The summed E-state index contributed by atoms with van der Waals surface area (Å²) in [4.78, 5) is 24.7. The van der Waals surface area contributed by atoms with Gasteiger partial charge in [-0.3, -0.25) is 9.59 Å². The zero-order chi connectivity index (χ0) is 21.2. The molecule has 6 nitrogen and oxygen atoms in total. The van der Waals surface area contributed by atoms with Crippen molar-refractivity contribution in [2.24, 2.45) is 15.6 Å². The lowest BCUT2D eigenvalue weighted by atomic mass is 9.77. The Bertz CT molecular complexity index is 910. The molecule has 2 N–H and O–H groups in total. The molecule has 0 radical (unpaired) electrons. The number of hydrogen-bond acceptors (Lipinski definition) is 5. The van der Waals surface area contributed by atoms with Crippen LogP contribution in [0.15, 0.2) is 40.1 Å². The van der Waals surface area contributed by atoms with Crippen LogP contribution >= 0.6 is 11.8 Å². The Morgan fingerprint density at radius 2 is 1.90 bits per heavy atom. The van der Waals surface area contributed by atoms with Gasteiger partial charge in [0.2, 0.25) is 11.8 Å². The van der Waals surface area contributed by atoms with E-state index in [0.29, 0.717) is 5.17 Å². The van der Waals surface area contributed by atoms with Gasteiger partial charge in [-0.05, 0) is 56.2 Å². The molecule has 0 aromatic heterocycles. The molecule has 1 unspecified atom stereocenters. The molecule has 1 saturated heterocycles. The van der Waals surface area contributed by atoms with E-state index in [1.54, 1.807) is 0 Å². The highest BCUT2D eigenvalue weighted by Crippen LogP contribution is 2.34. The van der Waals surface area contributed by atoms with Crippen LogP contribution in [0.1, 0.15) is 51.2 Å². The molecule has 0 bridgehead atoms. The average Bonchev–Trinajstić information content (AvgIpc) is 2.94. The third-order valence-electron chi connectivity index (χ3n) is 4.99. The molecule has 0 saturated carbocycles. The number of thioether (sulfide) groups is 1. The second kappa shape index (κ2) is 8.53. The average molecular weight is 413 g/mol. The Morgan fingerprint density at radius 1 is 1.21 bits per heavy atom. The number of para-hydroxylation sites is 1. The summed E-state index contributed by atoms with van der Waals surface area (Å²) in [5, 5.41) is 14.2. The summed E-state index contributed by atoms with van der Waals surface area (Å²) in [6, 6.07) is 5.85. The van der Waals surface area contributed by atoms with Gasteiger partial charge >= 0.3 is 0 Å². The number of carbonyl (C=O) groups is 2. The highest BCUT2D eigenvalue weighted by atomic mass is 32.2. The lowest BCUT2D eigenvalue weighted by Gasteiger charge is -2.28. The van der Waals surface area contributed by atoms with Crippen LogP contribution in [0.25, 0.3) is 0 Å². The van der Waals surface area contributed by atoms with Crippen molar-refractivity contribution in [3.8, 4) is 0 Å². The van der Waals surface area contributed by atoms with Crippen LogP contribution in [-0.4, -0.2) is 27.9 Å². The number of rotatable bonds is 4. The van der Waals surface area contributed by atoms with Gasteiger partial charge in [0.1, 0.15) is 5.25 Å². The molecular weight excluding hydrogens is 384 g/mol. The van der Waals surface area contributed by atoms with E-state index in [9.17, 15) is 9.59 Å². The van der Waals surface area contributed by atoms with Gasteiger partial charge in [-0.1, -0.05) is 49.4 Å². The maximum atomic E-state index is 12.5. The third kappa shape index (κ3) is 5.56. The lowest BCUT2D eigenvalue weighted by Crippen LogP contribution is -2.28. The van der Waals surface area contributed by atoms with Crippen molar-refractivity contribution >= 4 is 40.1 Å². The smallest absolute Gasteiger partial charge is 0.240 e. The summed E-state index contributed by atoms with van der Waals surface area (Å²) in [5.41, 5.74) is 5.17. The van der Waals surface area contributed by atoms with E-state index >= 15 is 0 Å². The number of amides is 2. The maximum Gasteiger partial charge on any atom is 0.240 e. The fraction of sp³-hybridized carbons (Fsp3) is 0.455. The van der Waals surface area contributed by atoms with Gasteiger partial charge in [0.05, 0.1) is 5.71 Å². The molecule has 0 spiro atoms. The minimum Gasteiger partial charge on any atom is -0.326 e. The second-order valence-electron chi connectivity index (χ2n) is 8.62. The molecular formula is C22H28N4O2S. The van der Waals surface area contributed by atoms with E-state index in [1.807, 2.05) is 32.0 Å². The molecule has 1 aromatic carbocycles. The van der Waals surface area contributed by atoms with Gasteiger partial charge in [0, 0.05) is 12.1 Å². The van der Waals surface area contributed by atoms with Crippen molar-refractivity contribution in [1.29, 1.82) is 0 Å². The minimum absolute atomic E-state index is 0.0892. The number of allylic oxidation sites excluding steroid dienone is 2. The molecule has 2 aliphatic rings. The Balaban J connectivity index is 1.63. The molecule has 154 valence electrons. The van der Waals surface area contributed by atoms with Gasteiger partial charge in [0.15, 0.2) is 5.17 Å². The topological polar surface area (TPSA) is 82.9 Å². The molecule has 29 heavy (non-hydrogen) atoms. The van der Waals surface area contributed by atoms with E-state index in [1.165, 1.54) is 17.3 Å². The number of anilines is 1. The van der Waals surface area contributed by atoms with Crippen LogP contribution in [0.3, 0.4) is 0 Å². The van der Waals surface area contributed by atoms with Crippen LogP contribution in [-0.2, 0) is 9.59 Å². The van der Waals surface area contributed by atoms with E-state index < -0.39 is 5.25 Å². The Hall–Kier alpha value is -2.41. The summed E-state index contributed by atoms with van der Waals surface area (Å²) in [7, 11) is 0. The van der Waals surface area contributed by atoms with Crippen LogP contribution < -0.4 is 10.6 Å². The number of amidine groups is 1. The fourth-order valence-electron chi connectivity index (χ4n) is 3.83. The lowest BCUT2D eigenvalue weighted by molar-refractivity contribution is -0.122. The van der Waals surface area contributed by atoms with Crippen LogP contribution in [0.4, 0.5) is 5.69 Å². The molecule has 1 heterocycles. The first-order valence-corrected chi connectivity index (χ1v) is 10.7.